The molecule has 88 valence electrons. The highest BCUT2D eigenvalue weighted by atomic mass is 16.5. The summed E-state index contributed by atoms with van der Waals surface area (Å²) in [6.07, 6.45) is 1.58. The van der Waals surface area contributed by atoms with Gasteiger partial charge in [-0.2, -0.15) is 0 Å². The number of methoxy groups -OCH3 is 1. The third kappa shape index (κ3) is 2.66. The fraction of sp³-hybridized carbons (Fsp3) is 0.154. The summed E-state index contributed by atoms with van der Waals surface area (Å²) in [4.78, 5) is 3.96. The first kappa shape index (κ1) is 11.3. The first-order valence-electron chi connectivity index (χ1n) is 5.23. The Labute approximate surface area is 100 Å². The molecule has 0 aliphatic heterocycles. The van der Waals surface area contributed by atoms with Crippen LogP contribution in [-0.2, 0) is 0 Å². The Balaban J connectivity index is 2.26. The van der Waals surface area contributed by atoms with Crippen molar-refractivity contribution in [3.63, 3.8) is 0 Å². The van der Waals surface area contributed by atoms with Crippen molar-refractivity contribution in [3.05, 3.63) is 42.1 Å². The van der Waals surface area contributed by atoms with E-state index in [-0.39, 0.29) is 0 Å². The highest BCUT2D eigenvalue weighted by Gasteiger charge is 2.05. The zero-order chi connectivity index (χ0) is 12.3. The lowest BCUT2D eigenvalue weighted by atomic mass is 10.2. The number of anilines is 1. The third-order valence-electron chi connectivity index (χ3n) is 2.31. The van der Waals surface area contributed by atoms with Gasteiger partial charge in [0.1, 0.15) is 11.6 Å². The van der Waals surface area contributed by atoms with Crippen LogP contribution in [0, 0.1) is 6.92 Å². The Kier molecular flexibility index (Phi) is 3.14. The maximum absolute atomic E-state index is 5.67. The molecule has 0 aliphatic carbocycles. The van der Waals surface area contributed by atoms with Crippen molar-refractivity contribution in [2.45, 2.75) is 6.92 Å². The van der Waals surface area contributed by atoms with Crippen LogP contribution in [0.4, 0.5) is 5.82 Å². The van der Waals surface area contributed by atoms with Gasteiger partial charge in [-0.15, -0.1) is 0 Å². The number of aryl methyl sites for hydroxylation is 1. The van der Waals surface area contributed by atoms with Crippen molar-refractivity contribution in [3.8, 4) is 17.2 Å². The smallest absolute Gasteiger partial charge is 0.169 e. The minimum Gasteiger partial charge on any atom is -0.493 e. The zero-order valence-electron chi connectivity index (χ0n) is 9.81. The monoisotopic (exact) mass is 230 g/mol. The quantitative estimate of drug-likeness (QED) is 0.880. The fourth-order valence-electron chi connectivity index (χ4n) is 1.44. The minimum absolute atomic E-state index is 0.466. The Morgan fingerprint density at radius 1 is 1.12 bits per heavy atom. The van der Waals surface area contributed by atoms with E-state index in [1.165, 1.54) is 0 Å². The molecule has 4 heteroatoms. The molecule has 2 rings (SSSR count). The summed E-state index contributed by atoms with van der Waals surface area (Å²) in [5.41, 5.74) is 6.62. The summed E-state index contributed by atoms with van der Waals surface area (Å²) in [6.45, 7) is 2.00. The van der Waals surface area contributed by atoms with E-state index in [0.29, 0.717) is 23.1 Å². The number of nitrogen functional groups attached to an aromatic ring is 1. The second-order valence-corrected chi connectivity index (χ2v) is 3.68. The van der Waals surface area contributed by atoms with Crippen LogP contribution in [0.1, 0.15) is 5.56 Å². The number of nitrogens with zero attached hydrogens (tertiary/aromatic N) is 1. The number of ether oxygens (including phenoxy) is 2. The molecule has 0 amide bonds. The van der Waals surface area contributed by atoms with Crippen molar-refractivity contribution >= 4 is 5.82 Å². The molecule has 0 fully saturated rings. The predicted molar refractivity (Wildman–Crippen MR) is 66.5 cm³/mol. The van der Waals surface area contributed by atoms with E-state index in [0.717, 1.165) is 5.56 Å². The summed E-state index contributed by atoms with van der Waals surface area (Å²) < 4.78 is 10.9. The van der Waals surface area contributed by atoms with Crippen molar-refractivity contribution in [2.24, 2.45) is 0 Å². The zero-order valence-corrected chi connectivity index (χ0v) is 9.81. The van der Waals surface area contributed by atoms with Crippen LogP contribution < -0.4 is 15.2 Å². The van der Waals surface area contributed by atoms with Crippen LogP contribution in [0.25, 0.3) is 0 Å². The van der Waals surface area contributed by atoms with Gasteiger partial charge in [0.15, 0.2) is 11.5 Å². The van der Waals surface area contributed by atoms with Gasteiger partial charge in [-0.05, 0) is 36.8 Å². The maximum Gasteiger partial charge on any atom is 0.169 e. The number of hydrogen-bond donors (Lipinski definition) is 1. The standard InChI is InChI=1S/C13H14N2O2/c1-9-3-5-11(12(7-9)16-2)17-10-4-6-13(14)15-8-10/h3-8H,1-2H3,(H2,14,15). The molecule has 17 heavy (non-hydrogen) atoms. The molecule has 0 radical (unpaired) electrons. The molecule has 1 heterocycles. The highest BCUT2D eigenvalue weighted by Crippen LogP contribution is 2.31. The van der Waals surface area contributed by atoms with E-state index in [4.69, 9.17) is 15.2 Å². The Hall–Kier alpha value is -2.23. The van der Waals surface area contributed by atoms with Crippen LogP contribution in [0.15, 0.2) is 36.5 Å². The molecule has 0 atom stereocenters. The predicted octanol–water partition coefficient (Wildman–Crippen LogP) is 2.77. The second kappa shape index (κ2) is 4.74. The van der Waals surface area contributed by atoms with Gasteiger partial charge in [0.05, 0.1) is 13.3 Å². The molecular formula is C13H14N2O2. The van der Waals surface area contributed by atoms with E-state index in [9.17, 15) is 0 Å². The minimum atomic E-state index is 0.466. The van der Waals surface area contributed by atoms with Crippen LogP contribution in [0.5, 0.6) is 17.2 Å². The van der Waals surface area contributed by atoms with Gasteiger partial charge in [-0.3, -0.25) is 0 Å². The van der Waals surface area contributed by atoms with Crippen molar-refractivity contribution in [1.29, 1.82) is 0 Å². The average Bonchev–Trinajstić information content (AvgIpc) is 2.34. The number of aromatic nitrogens is 1. The number of nitrogens with two attached hydrogens (primary N) is 1. The molecule has 1 aromatic carbocycles. The van der Waals surface area contributed by atoms with Gasteiger partial charge in [0.2, 0.25) is 0 Å². The molecule has 0 saturated heterocycles. The summed E-state index contributed by atoms with van der Waals surface area (Å²) in [6, 6.07) is 9.20. The first-order chi connectivity index (χ1) is 8.19. The largest absolute Gasteiger partial charge is 0.493 e. The molecule has 0 bridgehead atoms. The average molecular weight is 230 g/mol. The molecule has 0 spiro atoms. The van der Waals surface area contributed by atoms with Crippen molar-refractivity contribution in [2.75, 3.05) is 12.8 Å². The third-order valence-corrected chi connectivity index (χ3v) is 2.31. The van der Waals surface area contributed by atoms with E-state index < -0.39 is 0 Å². The van der Waals surface area contributed by atoms with Gasteiger partial charge in [-0.25, -0.2) is 4.98 Å². The van der Waals surface area contributed by atoms with Crippen LogP contribution in [0.2, 0.25) is 0 Å². The van der Waals surface area contributed by atoms with Crippen LogP contribution >= 0.6 is 0 Å². The lowest BCUT2D eigenvalue weighted by molar-refractivity contribution is 0.378. The van der Waals surface area contributed by atoms with Gasteiger partial charge in [0, 0.05) is 0 Å². The molecule has 4 nitrogen and oxygen atoms in total. The summed E-state index contributed by atoms with van der Waals surface area (Å²) in [7, 11) is 1.61. The summed E-state index contributed by atoms with van der Waals surface area (Å²) in [5.74, 6) is 2.45. The summed E-state index contributed by atoms with van der Waals surface area (Å²) in [5, 5.41) is 0. The van der Waals surface area contributed by atoms with Crippen molar-refractivity contribution < 1.29 is 9.47 Å². The van der Waals surface area contributed by atoms with Crippen molar-refractivity contribution in [1.82, 2.24) is 4.98 Å². The molecule has 1 aromatic heterocycles. The van der Waals surface area contributed by atoms with E-state index >= 15 is 0 Å². The lowest BCUT2D eigenvalue weighted by Crippen LogP contribution is -1.93. The number of benzene rings is 1. The fourth-order valence-corrected chi connectivity index (χ4v) is 1.44. The lowest BCUT2D eigenvalue weighted by Gasteiger charge is -2.10. The maximum atomic E-state index is 5.67. The Morgan fingerprint density at radius 3 is 2.59 bits per heavy atom. The molecule has 0 saturated carbocycles. The second-order valence-electron chi connectivity index (χ2n) is 3.68. The van der Waals surface area contributed by atoms with E-state index in [1.807, 2.05) is 25.1 Å². The van der Waals surface area contributed by atoms with Crippen LogP contribution in [-0.4, -0.2) is 12.1 Å². The number of hydrogen-bond acceptors (Lipinski definition) is 4. The summed E-state index contributed by atoms with van der Waals surface area (Å²) >= 11 is 0. The number of rotatable bonds is 3. The van der Waals surface area contributed by atoms with Crippen LogP contribution in [0.3, 0.4) is 0 Å². The van der Waals surface area contributed by atoms with E-state index in [2.05, 4.69) is 4.98 Å². The van der Waals surface area contributed by atoms with Gasteiger partial charge >= 0.3 is 0 Å². The molecule has 2 aromatic rings. The van der Waals surface area contributed by atoms with Gasteiger partial charge < -0.3 is 15.2 Å². The topological polar surface area (TPSA) is 57.4 Å². The SMILES string of the molecule is COc1cc(C)ccc1Oc1ccc(N)nc1. The van der Waals surface area contributed by atoms with Gasteiger partial charge in [-0.1, -0.05) is 6.07 Å². The number of pyridine rings is 1. The molecule has 0 unspecified atom stereocenters. The highest BCUT2D eigenvalue weighted by molar-refractivity contribution is 5.45. The molecule has 2 N–H and O–H groups in total. The molecular weight excluding hydrogens is 216 g/mol. The van der Waals surface area contributed by atoms with Gasteiger partial charge in [0.25, 0.3) is 0 Å². The normalized spacial score (nSPS) is 10.0. The Bertz CT molecular complexity index is 509. The Morgan fingerprint density at radius 2 is 1.94 bits per heavy atom. The first-order valence-corrected chi connectivity index (χ1v) is 5.23. The molecule has 0 aliphatic rings. The van der Waals surface area contributed by atoms with E-state index in [1.54, 1.807) is 25.4 Å².